The molecule has 3 rings (SSSR count). The summed E-state index contributed by atoms with van der Waals surface area (Å²) in [5.41, 5.74) is 1.42. The van der Waals surface area contributed by atoms with Gasteiger partial charge >= 0.3 is 0 Å². The Kier molecular flexibility index (Phi) is 8.70. The minimum Gasteiger partial charge on any atom is -0.494 e. The van der Waals surface area contributed by atoms with Gasteiger partial charge < -0.3 is 14.2 Å². The summed E-state index contributed by atoms with van der Waals surface area (Å²) in [6.07, 6.45) is 0.0535. The largest absolute Gasteiger partial charge is 0.494 e. The second-order valence-corrected chi connectivity index (χ2v) is 9.67. The molecule has 1 amide bonds. The molecule has 0 radical (unpaired) electrons. The summed E-state index contributed by atoms with van der Waals surface area (Å²) in [7, 11) is -1.24. The zero-order chi connectivity index (χ0) is 25.4. The van der Waals surface area contributed by atoms with Gasteiger partial charge in [0.2, 0.25) is 15.9 Å². The highest BCUT2D eigenvalue weighted by molar-refractivity contribution is 7.93. The molecule has 0 N–H and O–H groups in total. The average molecular weight is 502 g/mol. The van der Waals surface area contributed by atoms with Crippen LogP contribution in [0.1, 0.15) is 24.5 Å². The lowest BCUT2D eigenvalue weighted by atomic mass is 10.1. The minimum atomic E-state index is -4.02. The van der Waals surface area contributed by atoms with Crippen molar-refractivity contribution in [3.63, 3.8) is 0 Å². The lowest BCUT2D eigenvalue weighted by molar-refractivity contribution is -0.116. The topological polar surface area (TPSA) is 82.1 Å². The molecule has 0 aliphatic carbocycles. The van der Waals surface area contributed by atoms with Gasteiger partial charge in [-0.15, -0.1) is 0 Å². The van der Waals surface area contributed by atoms with E-state index in [4.69, 9.17) is 14.2 Å². The van der Waals surface area contributed by atoms with Gasteiger partial charge in [-0.05, 0) is 41.8 Å². The molecule has 0 heterocycles. The van der Waals surface area contributed by atoms with E-state index in [2.05, 4.69) is 0 Å². The number of methoxy groups -OCH3 is 2. The third-order valence-electron chi connectivity index (χ3n) is 5.16. The van der Waals surface area contributed by atoms with Crippen molar-refractivity contribution in [1.82, 2.24) is 0 Å². The number of benzene rings is 3. The molecule has 0 fully saturated rings. The molecular weight excluding hydrogens is 473 g/mol. The van der Waals surface area contributed by atoms with Crippen molar-refractivity contribution in [2.24, 2.45) is 0 Å². The molecule has 9 heteroatoms. The molecule has 0 aliphatic heterocycles. The molecular formula is C26H28FNO6S. The van der Waals surface area contributed by atoms with E-state index in [-0.39, 0.29) is 23.6 Å². The van der Waals surface area contributed by atoms with Crippen molar-refractivity contribution in [1.29, 1.82) is 0 Å². The number of carbonyl (C=O) groups is 1. The van der Waals surface area contributed by atoms with E-state index in [0.717, 1.165) is 11.6 Å². The van der Waals surface area contributed by atoms with Gasteiger partial charge in [0.25, 0.3) is 0 Å². The van der Waals surface area contributed by atoms with Gasteiger partial charge in [-0.2, -0.15) is 0 Å². The van der Waals surface area contributed by atoms with Gasteiger partial charge in [0.05, 0.1) is 32.1 Å². The molecule has 0 saturated heterocycles. The molecule has 0 aromatic heterocycles. The van der Waals surface area contributed by atoms with Crippen LogP contribution in [0.3, 0.4) is 0 Å². The Morgan fingerprint density at radius 1 is 0.886 bits per heavy atom. The summed E-state index contributed by atoms with van der Waals surface area (Å²) in [5, 5.41) is 0. The van der Waals surface area contributed by atoms with Crippen molar-refractivity contribution in [2.75, 3.05) is 24.3 Å². The number of carbonyl (C=O) groups excluding carboxylic acids is 1. The lowest BCUT2D eigenvalue weighted by Crippen LogP contribution is -2.39. The highest BCUT2D eigenvalue weighted by atomic mass is 32.2. The lowest BCUT2D eigenvalue weighted by Gasteiger charge is -2.23. The van der Waals surface area contributed by atoms with E-state index in [1.54, 1.807) is 25.1 Å². The predicted molar refractivity (Wildman–Crippen MR) is 132 cm³/mol. The molecule has 7 nitrogen and oxygen atoms in total. The highest BCUT2D eigenvalue weighted by Gasteiger charge is 2.29. The van der Waals surface area contributed by atoms with E-state index in [1.807, 2.05) is 30.3 Å². The van der Waals surface area contributed by atoms with Crippen molar-refractivity contribution in [2.45, 2.75) is 26.4 Å². The first kappa shape index (κ1) is 26.0. The van der Waals surface area contributed by atoms with Crippen LogP contribution in [0.5, 0.6) is 17.2 Å². The Labute approximate surface area is 205 Å². The molecule has 0 bridgehead atoms. The molecule has 0 unspecified atom stereocenters. The first-order valence-electron chi connectivity index (χ1n) is 11.0. The molecule has 0 atom stereocenters. The molecule has 0 spiro atoms. The van der Waals surface area contributed by atoms with E-state index < -0.39 is 21.7 Å². The summed E-state index contributed by atoms with van der Waals surface area (Å²) in [4.78, 5) is 13.2. The number of hydrogen-bond donors (Lipinski definition) is 0. The van der Waals surface area contributed by atoms with Crippen LogP contribution >= 0.6 is 0 Å². The van der Waals surface area contributed by atoms with Crippen LogP contribution in [0.25, 0.3) is 0 Å². The second-order valence-electron chi connectivity index (χ2n) is 7.73. The predicted octanol–water partition coefficient (Wildman–Crippen LogP) is 4.74. The number of ether oxygens (including phenoxy) is 3. The maximum atomic E-state index is 14.3. The molecule has 35 heavy (non-hydrogen) atoms. The SMILES string of the molecule is CCCS(=O)(=O)N(C(=O)Cc1ccc(OCc2ccccc2)c(OC)c1)c1ccc(OC)c(F)c1. The summed E-state index contributed by atoms with van der Waals surface area (Å²) >= 11 is 0. The molecule has 3 aromatic rings. The van der Waals surface area contributed by atoms with Crippen LogP contribution in [-0.4, -0.2) is 34.3 Å². The first-order chi connectivity index (χ1) is 16.8. The normalized spacial score (nSPS) is 11.1. The molecule has 0 aliphatic rings. The number of sulfonamides is 1. The number of anilines is 1. The van der Waals surface area contributed by atoms with Gasteiger partial charge in [-0.25, -0.2) is 17.1 Å². The zero-order valence-electron chi connectivity index (χ0n) is 19.9. The van der Waals surface area contributed by atoms with Gasteiger partial charge in [-0.1, -0.05) is 43.3 Å². The highest BCUT2D eigenvalue weighted by Crippen LogP contribution is 2.31. The Bertz CT molecular complexity index is 1260. The monoisotopic (exact) mass is 501 g/mol. The molecule has 0 saturated carbocycles. The first-order valence-corrected chi connectivity index (χ1v) is 12.6. The van der Waals surface area contributed by atoms with Crippen LogP contribution in [0.2, 0.25) is 0 Å². The number of hydrogen-bond acceptors (Lipinski definition) is 6. The van der Waals surface area contributed by atoms with Gasteiger partial charge in [0, 0.05) is 6.07 Å². The van der Waals surface area contributed by atoms with Crippen LogP contribution < -0.4 is 18.5 Å². The van der Waals surface area contributed by atoms with Gasteiger partial charge in [0.15, 0.2) is 23.1 Å². The van der Waals surface area contributed by atoms with Crippen molar-refractivity contribution >= 4 is 21.6 Å². The number of amides is 1. The summed E-state index contributed by atoms with van der Waals surface area (Å²) in [6.45, 7) is 2.02. The van der Waals surface area contributed by atoms with Crippen molar-refractivity contribution in [3.8, 4) is 17.2 Å². The smallest absolute Gasteiger partial charge is 0.245 e. The summed E-state index contributed by atoms with van der Waals surface area (Å²) in [5.74, 6) is -0.906. The Balaban J connectivity index is 1.85. The molecule has 3 aromatic carbocycles. The number of nitrogens with zero attached hydrogens (tertiary/aromatic N) is 1. The van der Waals surface area contributed by atoms with Crippen molar-refractivity contribution in [3.05, 3.63) is 83.7 Å². The quantitative estimate of drug-likeness (QED) is 0.378. The van der Waals surface area contributed by atoms with Gasteiger partial charge in [-0.3, -0.25) is 4.79 Å². The summed E-state index contributed by atoms with van der Waals surface area (Å²) in [6, 6.07) is 18.2. The maximum absolute atomic E-state index is 14.3. The maximum Gasteiger partial charge on any atom is 0.245 e. The Morgan fingerprint density at radius 2 is 1.57 bits per heavy atom. The third-order valence-corrected chi connectivity index (χ3v) is 7.05. The minimum absolute atomic E-state index is 0.0510. The molecule has 186 valence electrons. The standard InChI is InChI=1S/C26H28FNO6S/c1-4-14-35(30,31)28(21-11-13-23(32-2)22(27)17-21)26(29)16-20-10-12-24(25(15-20)33-3)34-18-19-8-6-5-7-9-19/h5-13,15,17H,4,14,16,18H2,1-3H3. The van der Waals surface area contributed by atoms with Gasteiger partial charge in [0.1, 0.15) is 6.61 Å². The fourth-order valence-corrected chi connectivity index (χ4v) is 5.02. The van der Waals surface area contributed by atoms with Crippen LogP contribution in [0.15, 0.2) is 66.7 Å². The van der Waals surface area contributed by atoms with Crippen LogP contribution in [0, 0.1) is 5.82 Å². The number of halogens is 1. The number of rotatable bonds is 11. The Hall–Kier alpha value is -3.59. The van der Waals surface area contributed by atoms with E-state index in [9.17, 15) is 17.6 Å². The van der Waals surface area contributed by atoms with E-state index in [1.165, 1.54) is 26.4 Å². The van der Waals surface area contributed by atoms with Crippen LogP contribution in [-0.2, 0) is 27.8 Å². The zero-order valence-corrected chi connectivity index (χ0v) is 20.7. The fourth-order valence-electron chi connectivity index (χ4n) is 3.51. The van der Waals surface area contributed by atoms with E-state index in [0.29, 0.717) is 34.4 Å². The van der Waals surface area contributed by atoms with E-state index >= 15 is 0 Å². The fraction of sp³-hybridized carbons (Fsp3) is 0.269. The second kappa shape index (κ2) is 11.7. The van der Waals surface area contributed by atoms with Crippen molar-refractivity contribution < 1.29 is 31.8 Å². The van der Waals surface area contributed by atoms with Crippen LogP contribution in [0.4, 0.5) is 10.1 Å². The Morgan fingerprint density at radius 3 is 2.20 bits per heavy atom. The third kappa shape index (κ3) is 6.51. The summed E-state index contributed by atoms with van der Waals surface area (Å²) < 4.78 is 57.0. The average Bonchev–Trinajstić information content (AvgIpc) is 2.83.